The van der Waals surface area contributed by atoms with Crippen molar-refractivity contribution in [1.29, 1.82) is 0 Å². The van der Waals surface area contributed by atoms with Crippen LogP contribution in [0.25, 0.3) is 100.0 Å². The maximum atomic E-state index is 5.23. The van der Waals surface area contributed by atoms with Crippen LogP contribution in [0.1, 0.15) is 0 Å². The smallest absolute Gasteiger partial charge is 0.160 e. The van der Waals surface area contributed by atoms with E-state index in [-0.39, 0.29) is 0 Å². The number of nitrogens with zero attached hydrogens (tertiary/aromatic N) is 4. The van der Waals surface area contributed by atoms with Gasteiger partial charge < -0.3 is 0 Å². The molecule has 0 atom stereocenters. The average molecular weight is 689 g/mol. The van der Waals surface area contributed by atoms with E-state index in [0.717, 1.165) is 67.1 Å². The Morgan fingerprint density at radius 3 is 1.56 bits per heavy atom. The van der Waals surface area contributed by atoms with Crippen molar-refractivity contribution in [2.75, 3.05) is 0 Å². The highest BCUT2D eigenvalue weighted by Crippen LogP contribution is 2.37. The lowest BCUT2D eigenvalue weighted by atomic mass is 9.94. The Morgan fingerprint density at radius 1 is 0.296 bits per heavy atom. The van der Waals surface area contributed by atoms with Crippen LogP contribution in [-0.2, 0) is 0 Å². The zero-order chi connectivity index (χ0) is 35.8. The van der Waals surface area contributed by atoms with Crippen molar-refractivity contribution in [2.24, 2.45) is 0 Å². The number of hydrogen-bond donors (Lipinski definition) is 0. The normalized spacial score (nSPS) is 11.3. The van der Waals surface area contributed by atoms with Crippen LogP contribution < -0.4 is 0 Å². The van der Waals surface area contributed by atoms with E-state index in [4.69, 9.17) is 19.9 Å². The summed E-state index contributed by atoms with van der Waals surface area (Å²) in [4.78, 5) is 20.3. The van der Waals surface area contributed by atoms with Crippen molar-refractivity contribution >= 4 is 32.4 Å². The molecular weight excluding hydrogens is 657 g/mol. The molecule has 0 N–H and O–H groups in total. The first kappa shape index (κ1) is 31.4. The summed E-state index contributed by atoms with van der Waals surface area (Å²) in [5, 5.41) is 5.91. The fourth-order valence-corrected chi connectivity index (χ4v) is 7.27. The third kappa shape index (κ3) is 5.96. The van der Waals surface area contributed by atoms with Gasteiger partial charge in [-0.15, -0.1) is 0 Å². The van der Waals surface area contributed by atoms with Crippen LogP contribution in [0.4, 0.5) is 0 Å². The van der Waals surface area contributed by atoms with Crippen molar-refractivity contribution in [2.45, 2.75) is 0 Å². The average Bonchev–Trinajstić information content (AvgIpc) is 3.26. The van der Waals surface area contributed by atoms with Crippen LogP contribution in [0, 0.1) is 0 Å². The number of fused-ring (bicyclic) bond motifs is 3. The summed E-state index contributed by atoms with van der Waals surface area (Å²) in [6.07, 6.45) is 1.96. The first-order valence-electron chi connectivity index (χ1n) is 18.1. The first-order chi connectivity index (χ1) is 26.7. The Morgan fingerprint density at radius 2 is 0.852 bits per heavy atom. The maximum Gasteiger partial charge on any atom is 0.160 e. The van der Waals surface area contributed by atoms with Gasteiger partial charge in [0.15, 0.2) is 5.82 Å². The molecule has 0 radical (unpaired) electrons. The minimum Gasteiger partial charge on any atom is -0.254 e. The minimum atomic E-state index is 0.666. The van der Waals surface area contributed by atoms with Gasteiger partial charge in [0.1, 0.15) is 0 Å². The summed E-state index contributed by atoms with van der Waals surface area (Å²) >= 11 is 0. The van der Waals surface area contributed by atoms with Gasteiger partial charge in [-0.1, -0.05) is 146 Å². The van der Waals surface area contributed by atoms with E-state index >= 15 is 0 Å². The van der Waals surface area contributed by atoms with Crippen LogP contribution in [0.15, 0.2) is 194 Å². The van der Waals surface area contributed by atoms with E-state index in [1.807, 2.05) is 60.8 Å². The molecule has 0 fully saturated rings. The van der Waals surface area contributed by atoms with Gasteiger partial charge in [0.25, 0.3) is 0 Å². The number of aromatic nitrogens is 4. The molecule has 0 saturated carbocycles. The van der Waals surface area contributed by atoms with Crippen molar-refractivity contribution < 1.29 is 0 Å². The molecule has 0 aliphatic carbocycles. The second kappa shape index (κ2) is 13.4. The number of hydrogen-bond acceptors (Lipinski definition) is 4. The molecule has 0 bridgehead atoms. The Kier molecular flexibility index (Phi) is 7.77. The van der Waals surface area contributed by atoms with Gasteiger partial charge in [-0.2, -0.15) is 0 Å². The highest BCUT2D eigenvalue weighted by Gasteiger charge is 2.15. The molecular formula is C50H32N4. The molecule has 7 aromatic carbocycles. The van der Waals surface area contributed by atoms with E-state index < -0.39 is 0 Å². The summed E-state index contributed by atoms with van der Waals surface area (Å²) in [6.45, 7) is 0. The van der Waals surface area contributed by atoms with Gasteiger partial charge in [-0.3, -0.25) is 4.98 Å². The highest BCUT2D eigenvalue weighted by atomic mass is 14.9. The molecule has 0 spiro atoms. The summed E-state index contributed by atoms with van der Waals surface area (Å²) in [6, 6.07) is 65.5. The van der Waals surface area contributed by atoms with Gasteiger partial charge in [0.2, 0.25) is 0 Å². The molecule has 54 heavy (non-hydrogen) atoms. The van der Waals surface area contributed by atoms with E-state index in [9.17, 15) is 0 Å². The van der Waals surface area contributed by atoms with Crippen LogP contribution in [0.2, 0.25) is 0 Å². The Balaban J connectivity index is 1.11. The standard InChI is InChI=1S/C50H32N4/c1-3-13-35(14-4-1)48-31-49(54-50(53-48)36-15-5-2-6-16-36)46-26-24-42(32-51-46)43-30-47(41-22-20-34-12-8-10-18-38(34)28-41)52-45-25-23-40(29-44(43)45)39-21-19-33-11-7-9-17-37(33)27-39/h1-32H. The summed E-state index contributed by atoms with van der Waals surface area (Å²) < 4.78 is 0. The van der Waals surface area contributed by atoms with Crippen molar-refractivity contribution in [3.63, 3.8) is 0 Å². The van der Waals surface area contributed by atoms with Crippen LogP contribution >= 0.6 is 0 Å². The predicted molar refractivity (Wildman–Crippen MR) is 223 cm³/mol. The van der Waals surface area contributed by atoms with Gasteiger partial charge in [-0.05, 0) is 80.7 Å². The lowest BCUT2D eigenvalue weighted by Crippen LogP contribution is -1.97. The zero-order valence-corrected chi connectivity index (χ0v) is 29.3. The fraction of sp³-hybridized carbons (Fsp3) is 0. The molecule has 0 saturated heterocycles. The highest BCUT2D eigenvalue weighted by molar-refractivity contribution is 6.00. The molecule has 3 heterocycles. The minimum absolute atomic E-state index is 0.666. The SMILES string of the molecule is c1ccc(-c2cc(-c3ccc(-c4cc(-c5ccc6ccccc6c5)nc5ccc(-c6ccc7ccccc7c6)cc45)cn3)nc(-c3ccccc3)n2)cc1. The Bertz CT molecular complexity index is 2920. The number of pyridine rings is 2. The maximum absolute atomic E-state index is 5.23. The lowest BCUT2D eigenvalue weighted by molar-refractivity contribution is 1.16. The van der Waals surface area contributed by atoms with E-state index in [1.165, 1.54) is 27.1 Å². The van der Waals surface area contributed by atoms with Crippen molar-refractivity contribution in [3.05, 3.63) is 194 Å². The van der Waals surface area contributed by atoms with Gasteiger partial charge in [-0.25, -0.2) is 15.0 Å². The Labute approximate surface area is 313 Å². The van der Waals surface area contributed by atoms with Crippen molar-refractivity contribution in [1.82, 2.24) is 19.9 Å². The molecule has 0 unspecified atom stereocenters. The molecule has 10 aromatic rings. The molecule has 0 aliphatic heterocycles. The van der Waals surface area contributed by atoms with Gasteiger partial charge in [0, 0.05) is 33.8 Å². The van der Waals surface area contributed by atoms with Gasteiger partial charge in [0.05, 0.1) is 28.3 Å². The quantitative estimate of drug-likeness (QED) is 0.174. The second-order valence-corrected chi connectivity index (χ2v) is 13.5. The zero-order valence-electron chi connectivity index (χ0n) is 29.3. The molecule has 0 aliphatic rings. The number of rotatable bonds is 6. The third-order valence-corrected chi connectivity index (χ3v) is 10.1. The van der Waals surface area contributed by atoms with Crippen LogP contribution in [-0.4, -0.2) is 19.9 Å². The van der Waals surface area contributed by atoms with Crippen molar-refractivity contribution in [3.8, 4) is 67.5 Å². The van der Waals surface area contributed by atoms with E-state index in [1.54, 1.807) is 0 Å². The lowest BCUT2D eigenvalue weighted by Gasteiger charge is -2.13. The monoisotopic (exact) mass is 688 g/mol. The molecule has 0 amide bonds. The van der Waals surface area contributed by atoms with Crippen LogP contribution in [0.3, 0.4) is 0 Å². The predicted octanol–water partition coefficient (Wildman–Crippen LogP) is 12.7. The summed E-state index contributed by atoms with van der Waals surface area (Å²) in [5.74, 6) is 0.666. The Hall–Kier alpha value is -7.30. The molecule has 4 nitrogen and oxygen atoms in total. The molecule has 252 valence electrons. The summed E-state index contributed by atoms with van der Waals surface area (Å²) in [7, 11) is 0. The topological polar surface area (TPSA) is 51.6 Å². The van der Waals surface area contributed by atoms with Gasteiger partial charge >= 0.3 is 0 Å². The van der Waals surface area contributed by atoms with Crippen LogP contribution in [0.5, 0.6) is 0 Å². The summed E-state index contributed by atoms with van der Waals surface area (Å²) in [5.41, 5.74) is 11.7. The largest absolute Gasteiger partial charge is 0.254 e. The van der Waals surface area contributed by atoms with E-state index in [0.29, 0.717) is 5.82 Å². The fourth-order valence-electron chi connectivity index (χ4n) is 7.27. The molecule has 3 aromatic heterocycles. The molecule has 10 rings (SSSR count). The van der Waals surface area contributed by atoms with E-state index in [2.05, 4.69) is 133 Å². The third-order valence-electron chi connectivity index (χ3n) is 10.1. The second-order valence-electron chi connectivity index (χ2n) is 13.5. The molecule has 4 heteroatoms. The first-order valence-corrected chi connectivity index (χ1v) is 18.1. The number of benzene rings is 7.